The van der Waals surface area contributed by atoms with Crippen LogP contribution in [0.25, 0.3) is 10.2 Å². The number of fused-ring (bicyclic) bond motifs is 4. The molecule has 0 radical (unpaired) electrons. The average Bonchev–Trinajstić information content (AvgIpc) is 3.14. The number of hydrogen-bond donors (Lipinski definition) is 1. The number of likely N-dealkylation sites (tertiary alicyclic amines) is 1. The van der Waals surface area contributed by atoms with Crippen molar-refractivity contribution in [3.8, 4) is 11.5 Å². The zero-order valence-corrected chi connectivity index (χ0v) is 14.1. The summed E-state index contributed by atoms with van der Waals surface area (Å²) in [6.45, 7) is 2.95. The number of nitrogens with one attached hydrogen (secondary N) is 1. The van der Waals surface area contributed by atoms with E-state index in [2.05, 4.69) is 17.3 Å². The van der Waals surface area contributed by atoms with Gasteiger partial charge >= 0.3 is 6.03 Å². The van der Waals surface area contributed by atoms with E-state index in [1.807, 2.05) is 17.0 Å². The Hall–Kier alpha value is -2.06. The van der Waals surface area contributed by atoms with Crippen molar-refractivity contribution < 1.29 is 14.3 Å². The topological polar surface area (TPSA) is 66.9 Å². The van der Waals surface area contributed by atoms with Crippen LogP contribution in [0.15, 0.2) is 12.1 Å². The summed E-state index contributed by atoms with van der Waals surface area (Å²) in [6, 6.07) is 4.19. The van der Waals surface area contributed by atoms with E-state index < -0.39 is 0 Å². The molecular formula is C16H18N4O3S. The van der Waals surface area contributed by atoms with Gasteiger partial charge in [0, 0.05) is 6.54 Å². The van der Waals surface area contributed by atoms with Crippen LogP contribution in [0.1, 0.15) is 6.42 Å². The predicted octanol–water partition coefficient (Wildman–Crippen LogP) is 1.67. The lowest BCUT2D eigenvalue weighted by Crippen LogP contribution is -2.50. The van der Waals surface area contributed by atoms with Gasteiger partial charge in [-0.2, -0.15) is 0 Å². The van der Waals surface area contributed by atoms with Gasteiger partial charge in [0.05, 0.1) is 16.8 Å². The lowest BCUT2D eigenvalue weighted by atomic mass is 10.0. The van der Waals surface area contributed by atoms with Gasteiger partial charge in [-0.05, 0) is 32.1 Å². The number of benzene rings is 1. The second kappa shape index (κ2) is 5.22. The fourth-order valence-electron chi connectivity index (χ4n) is 3.72. The van der Waals surface area contributed by atoms with Gasteiger partial charge in [0.25, 0.3) is 0 Å². The molecule has 2 aromatic rings. The summed E-state index contributed by atoms with van der Waals surface area (Å²) in [5.41, 5.74) is 0.785. The number of rotatable bonds is 1. The second-order valence-electron chi connectivity index (χ2n) is 6.48. The van der Waals surface area contributed by atoms with Crippen molar-refractivity contribution in [1.82, 2.24) is 15.2 Å². The molecule has 24 heavy (non-hydrogen) atoms. The molecule has 0 spiro atoms. The van der Waals surface area contributed by atoms with Crippen LogP contribution in [-0.4, -0.2) is 61.3 Å². The maximum absolute atomic E-state index is 12.5. The van der Waals surface area contributed by atoms with Gasteiger partial charge in [0.15, 0.2) is 16.6 Å². The molecule has 1 N–H and O–H groups in total. The first kappa shape index (κ1) is 14.3. The Balaban J connectivity index is 1.57. The highest BCUT2D eigenvalue weighted by Gasteiger charge is 2.44. The molecule has 1 aromatic carbocycles. The van der Waals surface area contributed by atoms with E-state index in [0.717, 1.165) is 40.6 Å². The van der Waals surface area contributed by atoms with E-state index in [1.165, 1.54) is 11.3 Å². The number of hydrogen-bond acceptors (Lipinski definition) is 6. The van der Waals surface area contributed by atoms with E-state index in [0.29, 0.717) is 19.0 Å². The van der Waals surface area contributed by atoms with Gasteiger partial charge in [0.1, 0.15) is 18.7 Å². The fraction of sp³-hybridized carbons (Fsp3) is 0.500. The standard InChI is InChI=1S/C16H18N4O3S/c1-19-5-4-9-10(8-19)20(15(21)17-9)16-18-13-12(24-16)3-2-11-14(13)23-7-6-22-11/h2-3,9-10H,4-8H2,1H3,(H,17,21). The maximum atomic E-state index is 12.5. The van der Waals surface area contributed by atoms with Gasteiger partial charge in [-0.3, -0.25) is 4.90 Å². The minimum absolute atomic E-state index is 0.0506. The molecule has 0 aliphatic carbocycles. The average molecular weight is 346 g/mol. The molecule has 3 aliphatic heterocycles. The smallest absolute Gasteiger partial charge is 0.324 e. The highest BCUT2D eigenvalue weighted by Crippen LogP contribution is 2.42. The van der Waals surface area contributed by atoms with Crippen LogP contribution in [0.3, 0.4) is 0 Å². The van der Waals surface area contributed by atoms with Crippen LogP contribution in [-0.2, 0) is 0 Å². The van der Waals surface area contributed by atoms with E-state index in [4.69, 9.17) is 14.5 Å². The van der Waals surface area contributed by atoms with Gasteiger partial charge in [0.2, 0.25) is 0 Å². The van der Waals surface area contributed by atoms with Gasteiger partial charge in [-0.15, -0.1) is 0 Å². The van der Waals surface area contributed by atoms with Crippen molar-refractivity contribution in [3.63, 3.8) is 0 Å². The molecular weight excluding hydrogens is 328 g/mol. The van der Waals surface area contributed by atoms with E-state index >= 15 is 0 Å². The number of ether oxygens (including phenoxy) is 2. The van der Waals surface area contributed by atoms with E-state index in [-0.39, 0.29) is 18.1 Å². The largest absolute Gasteiger partial charge is 0.486 e. The number of carbonyl (C=O) groups excluding carboxylic acids is 1. The SMILES string of the molecule is CN1CCC2NC(=O)N(c3nc4c5c(ccc4s3)OCCO5)C2C1. The summed E-state index contributed by atoms with van der Waals surface area (Å²) in [5, 5.41) is 3.83. The van der Waals surface area contributed by atoms with Crippen molar-refractivity contribution in [3.05, 3.63) is 12.1 Å². The van der Waals surface area contributed by atoms with Crippen LogP contribution in [0.5, 0.6) is 11.5 Å². The molecule has 1 aromatic heterocycles. The molecule has 2 saturated heterocycles. The Morgan fingerprint density at radius 3 is 3.12 bits per heavy atom. The first-order chi connectivity index (χ1) is 11.7. The van der Waals surface area contributed by atoms with Gasteiger partial charge in [-0.25, -0.2) is 9.78 Å². The number of amides is 2. The summed E-state index contributed by atoms with van der Waals surface area (Å²) in [6.07, 6.45) is 0.973. The third-order valence-corrected chi connectivity index (χ3v) is 5.92. The summed E-state index contributed by atoms with van der Waals surface area (Å²) in [5.74, 6) is 1.42. The Morgan fingerprint density at radius 2 is 2.21 bits per heavy atom. The molecule has 2 unspecified atom stereocenters. The number of thiazole rings is 1. The van der Waals surface area contributed by atoms with Crippen molar-refractivity contribution in [2.45, 2.75) is 18.5 Å². The number of anilines is 1. The summed E-state index contributed by atoms with van der Waals surface area (Å²) in [7, 11) is 2.09. The third-order valence-electron chi connectivity index (χ3n) is 4.90. The summed E-state index contributed by atoms with van der Waals surface area (Å²) >= 11 is 1.53. The molecule has 2 amide bonds. The number of carbonyl (C=O) groups is 1. The minimum atomic E-state index is -0.0506. The number of urea groups is 1. The van der Waals surface area contributed by atoms with E-state index in [9.17, 15) is 4.79 Å². The highest BCUT2D eigenvalue weighted by molar-refractivity contribution is 7.22. The molecule has 126 valence electrons. The van der Waals surface area contributed by atoms with Crippen LogP contribution in [0, 0.1) is 0 Å². The lowest BCUT2D eigenvalue weighted by Gasteiger charge is -2.34. The minimum Gasteiger partial charge on any atom is -0.486 e. The van der Waals surface area contributed by atoms with Crippen molar-refractivity contribution in [1.29, 1.82) is 0 Å². The van der Waals surface area contributed by atoms with Crippen molar-refractivity contribution in [2.75, 3.05) is 38.3 Å². The first-order valence-electron chi connectivity index (χ1n) is 8.18. The number of likely N-dealkylation sites (N-methyl/N-ethyl adjacent to an activating group) is 1. The van der Waals surface area contributed by atoms with Gasteiger partial charge < -0.3 is 19.7 Å². The number of nitrogens with zero attached hydrogens (tertiary/aromatic N) is 3. The highest BCUT2D eigenvalue weighted by atomic mass is 32.1. The molecule has 0 saturated carbocycles. The Morgan fingerprint density at radius 1 is 1.33 bits per heavy atom. The molecule has 5 rings (SSSR count). The predicted molar refractivity (Wildman–Crippen MR) is 91.3 cm³/mol. The Labute approximate surface area is 143 Å². The Bertz CT molecular complexity index is 823. The molecule has 8 heteroatoms. The molecule has 0 bridgehead atoms. The third kappa shape index (κ3) is 2.06. The molecule has 2 fully saturated rings. The van der Waals surface area contributed by atoms with Crippen molar-refractivity contribution in [2.24, 2.45) is 0 Å². The summed E-state index contributed by atoms with van der Waals surface area (Å²) in [4.78, 5) is 21.3. The number of aromatic nitrogens is 1. The van der Waals surface area contributed by atoms with Gasteiger partial charge in [-0.1, -0.05) is 11.3 Å². The van der Waals surface area contributed by atoms with Crippen molar-refractivity contribution >= 4 is 32.7 Å². The van der Waals surface area contributed by atoms with E-state index in [1.54, 1.807) is 0 Å². The maximum Gasteiger partial charge on any atom is 0.324 e. The zero-order valence-electron chi connectivity index (χ0n) is 13.3. The fourth-order valence-corrected chi connectivity index (χ4v) is 4.74. The normalized spacial score (nSPS) is 26.5. The molecule has 2 atom stereocenters. The summed E-state index contributed by atoms with van der Waals surface area (Å²) < 4.78 is 12.4. The first-order valence-corrected chi connectivity index (χ1v) is 9.00. The monoisotopic (exact) mass is 346 g/mol. The quantitative estimate of drug-likeness (QED) is 0.851. The van der Waals surface area contributed by atoms with Crippen LogP contribution < -0.4 is 19.7 Å². The molecule has 3 aliphatic rings. The second-order valence-corrected chi connectivity index (χ2v) is 7.49. The molecule has 4 heterocycles. The number of piperidine rings is 1. The molecule has 7 nitrogen and oxygen atoms in total. The Kier molecular flexibility index (Phi) is 3.11. The lowest BCUT2D eigenvalue weighted by molar-refractivity contribution is 0.173. The van der Waals surface area contributed by atoms with Crippen LogP contribution in [0.2, 0.25) is 0 Å². The zero-order chi connectivity index (χ0) is 16.3. The van der Waals surface area contributed by atoms with Crippen LogP contribution >= 0.6 is 11.3 Å². The van der Waals surface area contributed by atoms with Crippen LogP contribution in [0.4, 0.5) is 9.93 Å².